The van der Waals surface area contributed by atoms with Crippen LogP contribution in [0.1, 0.15) is 29.9 Å². The Morgan fingerprint density at radius 2 is 2.11 bits per heavy atom. The molecule has 35 heavy (non-hydrogen) atoms. The first-order valence-corrected chi connectivity index (χ1v) is 11.7. The SMILES string of the molecule is CNS(=O)(=O)Nc1nccc(CN2C(=O)Oc3cc(Oc4nc(COC)n[nH]4)ccc3[C@@H]2C)c1F. The van der Waals surface area contributed by atoms with Gasteiger partial charge in [-0.15, -0.1) is 0 Å². The van der Waals surface area contributed by atoms with Gasteiger partial charge in [-0.05, 0) is 25.1 Å². The number of pyridine rings is 1. The lowest BCUT2D eigenvalue weighted by molar-refractivity contribution is 0.116. The maximum Gasteiger partial charge on any atom is 0.416 e. The minimum Gasteiger partial charge on any atom is -0.424 e. The number of amides is 1. The number of hydrogen-bond acceptors (Lipinski definition) is 9. The Labute approximate surface area is 199 Å². The molecule has 1 atom stereocenters. The summed E-state index contributed by atoms with van der Waals surface area (Å²) in [5.74, 6) is -0.329. The fraction of sp³-hybridized carbons (Fsp3) is 0.300. The van der Waals surface area contributed by atoms with Crippen LogP contribution in [0.15, 0.2) is 30.5 Å². The van der Waals surface area contributed by atoms with Gasteiger partial charge in [0.15, 0.2) is 17.5 Å². The first kappa shape index (κ1) is 24.3. The Morgan fingerprint density at radius 1 is 1.31 bits per heavy atom. The number of methoxy groups -OCH3 is 1. The van der Waals surface area contributed by atoms with Gasteiger partial charge < -0.3 is 14.2 Å². The molecule has 0 spiro atoms. The van der Waals surface area contributed by atoms with E-state index in [9.17, 15) is 17.6 Å². The van der Waals surface area contributed by atoms with Gasteiger partial charge in [-0.1, -0.05) is 0 Å². The van der Waals surface area contributed by atoms with Crippen molar-refractivity contribution in [3.63, 3.8) is 0 Å². The van der Waals surface area contributed by atoms with E-state index in [4.69, 9.17) is 14.2 Å². The van der Waals surface area contributed by atoms with Crippen molar-refractivity contribution in [2.75, 3.05) is 18.9 Å². The second-order valence-electron chi connectivity index (χ2n) is 7.41. The summed E-state index contributed by atoms with van der Waals surface area (Å²) in [6.07, 6.45) is 0.531. The summed E-state index contributed by atoms with van der Waals surface area (Å²) in [6, 6.07) is 5.95. The average molecular weight is 508 g/mol. The van der Waals surface area contributed by atoms with E-state index in [0.717, 1.165) is 0 Å². The van der Waals surface area contributed by atoms with E-state index >= 15 is 0 Å². The first-order chi connectivity index (χ1) is 16.7. The summed E-state index contributed by atoms with van der Waals surface area (Å²) in [5, 5.41) is 6.58. The molecule has 3 N–H and O–H groups in total. The number of rotatable bonds is 9. The molecule has 0 unspecified atom stereocenters. The quantitative estimate of drug-likeness (QED) is 0.394. The number of ether oxygens (including phenoxy) is 3. The maximum absolute atomic E-state index is 14.9. The van der Waals surface area contributed by atoms with E-state index in [0.29, 0.717) is 17.1 Å². The van der Waals surface area contributed by atoms with E-state index in [1.165, 1.54) is 37.4 Å². The molecule has 0 aliphatic carbocycles. The largest absolute Gasteiger partial charge is 0.424 e. The summed E-state index contributed by atoms with van der Waals surface area (Å²) in [6.45, 7) is 1.80. The minimum atomic E-state index is -3.97. The van der Waals surface area contributed by atoms with E-state index in [2.05, 4.69) is 20.2 Å². The van der Waals surface area contributed by atoms with Gasteiger partial charge in [0.2, 0.25) is 0 Å². The number of nitrogens with one attached hydrogen (secondary N) is 3. The molecule has 4 rings (SSSR count). The number of halogens is 1. The lowest BCUT2D eigenvalue weighted by atomic mass is 10.0. The Bertz CT molecular complexity index is 1350. The molecule has 0 radical (unpaired) electrons. The van der Waals surface area contributed by atoms with Crippen LogP contribution in [0.3, 0.4) is 0 Å². The zero-order valence-corrected chi connectivity index (χ0v) is 19.7. The number of carbonyl (C=O) groups excluding carboxylic acids is 1. The highest BCUT2D eigenvalue weighted by molar-refractivity contribution is 7.90. The van der Waals surface area contributed by atoms with Crippen molar-refractivity contribution in [2.24, 2.45) is 0 Å². The van der Waals surface area contributed by atoms with Gasteiger partial charge in [-0.25, -0.2) is 24.0 Å². The van der Waals surface area contributed by atoms with E-state index < -0.39 is 34.0 Å². The summed E-state index contributed by atoms with van der Waals surface area (Å²) >= 11 is 0. The van der Waals surface area contributed by atoms with Gasteiger partial charge in [-0.2, -0.15) is 18.5 Å². The second kappa shape index (κ2) is 9.81. The number of H-pyrrole nitrogens is 1. The van der Waals surface area contributed by atoms with E-state index in [-0.39, 0.29) is 30.5 Å². The summed E-state index contributed by atoms with van der Waals surface area (Å²) < 4.78 is 58.4. The average Bonchev–Trinajstić information content (AvgIpc) is 3.25. The number of nitrogens with zero attached hydrogens (tertiary/aromatic N) is 4. The molecule has 0 bridgehead atoms. The molecule has 1 aliphatic rings. The smallest absolute Gasteiger partial charge is 0.416 e. The molecular formula is C20H22FN7O6S. The minimum absolute atomic E-state index is 0.0539. The van der Waals surface area contributed by atoms with Gasteiger partial charge in [0.05, 0.1) is 12.6 Å². The number of carbonyl (C=O) groups is 1. The third-order valence-corrected chi connectivity index (χ3v) is 6.14. The number of aromatic nitrogens is 4. The highest BCUT2D eigenvalue weighted by Gasteiger charge is 2.33. The van der Waals surface area contributed by atoms with Gasteiger partial charge in [-0.3, -0.25) is 9.62 Å². The Balaban J connectivity index is 1.52. The molecular weight excluding hydrogens is 485 g/mol. The number of fused-ring (bicyclic) bond motifs is 1. The third-order valence-electron chi connectivity index (χ3n) is 5.14. The zero-order valence-electron chi connectivity index (χ0n) is 18.9. The molecule has 1 aromatic carbocycles. The summed E-state index contributed by atoms with van der Waals surface area (Å²) in [7, 11) is -1.28. The van der Waals surface area contributed by atoms with Crippen LogP contribution in [-0.2, 0) is 28.1 Å². The zero-order chi connectivity index (χ0) is 25.2. The van der Waals surface area contributed by atoms with Crippen LogP contribution in [0, 0.1) is 5.82 Å². The normalized spacial score (nSPS) is 15.5. The number of anilines is 1. The molecule has 3 aromatic rings. The molecule has 13 nitrogen and oxygen atoms in total. The van der Waals surface area contributed by atoms with Crippen molar-refractivity contribution >= 4 is 22.1 Å². The van der Waals surface area contributed by atoms with Crippen molar-refractivity contribution < 1.29 is 31.8 Å². The van der Waals surface area contributed by atoms with Crippen molar-refractivity contribution in [1.82, 2.24) is 29.8 Å². The van der Waals surface area contributed by atoms with Crippen LogP contribution in [0.25, 0.3) is 0 Å². The van der Waals surface area contributed by atoms with Gasteiger partial charge >= 0.3 is 12.1 Å². The van der Waals surface area contributed by atoms with Gasteiger partial charge in [0.1, 0.15) is 18.1 Å². The highest BCUT2D eigenvalue weighted by atomic mass is 32.2. The molecule has 186 valence electrons. The van der Waals surface area contributed by atoms with E-state index in [1.54, 1.807) is 19.1 Å². The summed E-state index contributed by atoms with van der Waals surface area (Å²) in [4.78, 5) is 21.9. The molecule has 15 heteroatoms. The van der Waals surface area contributed by atoms with Crippen molar-refractivity contribution in [2.45, 2.75) is 26.1 Å². The number of benzene rings is 1. The molecule has 0 fully saturated rings. The fourth-order valence-electron chi connectivity index (χ4n) is 3.36. The van der Waals surface area contributed by atoms with Crippen molar-refractivity contribution in [3.05, 3.63) is 53.2 Å². The van der Waals surface area contributed by atoms with Gasteiger partial charge in [0, 0.05) is 37.5 Å². The predicted octanol–water partition coefficient (Wildman–Crippen LogP) is 2.23. The van der Waals surface area contributed by atoms with Crippen molar-refractivity contribution in [1.29, 1.82) is 0 Å². The van der Waals surface area contributed by atoms with Crippen LogP contribution in [0.4, 0.5) is 15.0 Å². The monoisotopic (exact) mass is 507 g/mol. The Hall–Kier alpha value is -3.82. The van der Waals surface area contributed by atoms with Gasteiger partial charge in [0.25, 0.3) is 10.2 Å². The standard InChI is InChI=1S/C20H22FN7O6S/c1-11-14-5-4-13(33-19-24-16(10-32-3)25-26-19)8-15(14)34-20(29)28(11)9-12-6-7-23-18(17(12)21)27-35(30,31)22-2/h4-8,11,22H,9-10H2,1-3H3,(H,23,27)(H,24,25,26)/t11-/m0/s1. The van der Waals surface area contributed by atoms with Crippen LogP contribution in [0.5, 0.6) is 17.5 Å². The van der Waals surface area contributed by atoms with E-state index in [1.807, 2.05) is 9.44 Å². The van der Waals surface area contributed by atoms with Crippen LogP contribution >= 0.6 is 0 Å². The second-order valence-corrected chi connectivity index (χ2v) is 9.02. The van der Waals surface area contributed by atoms with Crippen molar-refractivity contribution in [3.8, 4) is 17.5 Å². The molecule has 1 amide bonds. The predicted molar refractivity (Wildman–Crippen MR) is 119 cm³/mol. The fourth-order valence-corrected chi connectivity index (χ4v) is 3.86. The van der Waals surface area contributed by atoms with Crippen LogP contribution < -0.4 is 18.9 Å². The first-order valence-electron chi connectivity index (χ1n) is 10.3. The molecule has 0 saturated carbocycles. The molecule has 1 aliphatic heterocycles. The lowest BCUT2D eigenvalue weighted by Gasteiger charge is -2.34. The highest BCUT2D eigenvalue weighted by Crippen LogP contribution is 2.38. The maximum atomic E-state index is 14.9. The third kappa shape index (κ3) is 5.31. The number of hydrogen-bond donors (Lipinski definition) is 3. The molecule has 2 aromatic heterocycles. The lowest BCUT2D eigenvalue weighted by Crippen LogP contribution is -2.39. The number of aromatic amines is 1. The topological polar surface area (TPSA) is 161 Å². The summed E-state index contributed by atoms with van der Waals surface area (Å²) in [5.41, 5.74) is 0.721. The molecule has 3 heterocycles. The van der Waals surface area contributed by atoms with Crippen LogP contribution in [-0.4, -0.2) is 53.7 Å². The Kier molecular flexibility index (Phi) is 6.81. The van der Waals surface area contributed by atoms with Crippen LogP contribution in [0.2, 0.25) is 0 Å². The molecule has 0 saturated heterocycles. The Morgan fingerprint density at radius 3 is 2.86 bits per heavy atom.